The Bertz CT molecular complexity index is 558. The van der Waals surface area contributed by atoms with Crippen molar-refractivity contribution in [1.82, 2.24) is 9.88 Å². The third-order valence-corrected chi connectivity index (χ3v) is 4.32. The first kappa shape index (κ1) is 13.8. The number of aliphatic hydroxyl groups is 1. The smallest absolute Gasteiger partial charge is 0.251 e. The Morgan fingerprint density at radius 3 is 2.52 bits per heavy atom. The average Bonchev–Trinajstić information content (AvgIpc) is 2.87. The van der Waals surface area contributed by atoms with Gasteiger partial charge in [-0.15, -0.1) is 0 Å². The molecule has 110 valence electrons. The summed E-state index contributed by atoms with van der Waals surface area (Å²) < 4.78 is 0. The molecule has 0 radical (unpaired) electrons. The van der Waals surface area contributed by atoms with Crippen LogP contribution in [0.1, 0.15) is 24.8 Å². The van der Waals surface area contributed by atoms with E-state index in [4.69, 9.17) is 5.26 Å². The number of carbonyl (C=O) groups excluding carboxylic acids is 1. The number of aliphatic hydroxyl groups excluding tert-OH is 1. The van der Waals surface area contributed by atoms with Gasteiger partial charge in [-0.3, -0.25) is 4.79 Å². The molecule has 1 amide bonds. The van der Waals surface area contributed by atoms with Gasteiger partial charge in [0.15, 0.2) is 0 Å². The maximum absolute atomic E-state index is 11.8. The van der Waals surface area contributed by atoms with Crippen LogP contribution in [0, 0.1) is 11.3 Å². The van der Waals surface area contributed by atoms with Crippen LogP contribution in [-0.4, -0.2) is 52.7 Å². The molecule has 1 N–H and O–H groups in total. The average molecular weight is 286 g/mol. The summed E-state index contributed by atoms with van der Waals surface area (Å²) in [6.07, 6.45) is 3.11. The zero-order valence-corrected chi connectivity index (χ0v) is 11.8. The lowest BCUT2D eigenvalue weighted by Crippen LogP contribution is -2.46. The van der Waals surface area contributed by atoms with Crippen molar-refractivity contribution < 1.29 is 9.90 Å². The summed E-state index contributed by atoms with van der Waals surface area (Å²) in [5.74, 6) is 0.755. The largest absolute Gasteiger partial charge is 0.383 e. The van der Waals surface area contributed by atoms with Crippen LogP contribution in [0.15, 0.2) is 18.3 Å². The summed E-state index contributed by atoms with van der Waals surface area (Å²) in [7, 11) is 0. The Morgan fingerprint density at radius 2 is 2.00 bits per heavy atom. The molecule has 2 aliphatic rings. The van der Waals surface area contributed by atoms with Gasteiger partial charge in [0.1, 0.15) is 18.0 Å². The first-order chi connectivity index (χ1) is 10.2. The van der Waals surface area contributed by atoms with Crippen LogP contribution in [0.5, 0.6) is 0 Å². The van der Waals surface area contributed by atoms with Crippen LogP contribution in [0.3, 0.4) is 0 Å². The van der Waals surface area contributed by atoms with Gasteiger partial charge < -0.3 is 14.9 Å². The third-order valence-electron chi connectivity index (χ3n) is 4.32. The van der Waals surface area contributed by atoms with Crippen LogP contribution in [-0.2, 0) is 4.79 Å². The van der Waals surface area contributed by atoms with Gasteiger partial charge in [0.05, 0.1) is 5.56 Å². The monoisotopic (exact) mass is 286 g/mol. The SMILES string of the molecule is N#Cc1ccc(N2CCC(N3CC[C@H](O)C3=O)CC2)nc1. The van der Waals surface area contributed by atoms with Crippen molar-refractivity contribution in [1.29, 1.82) is 5.26 Å². The lowest BCUT2D eigenvalue weighted by atomic mass is 10.0. The molecule has 1 aromatic rings. The van der Waals surface area contributed by atoms with Crippen LogP contribution in [0.2, 0.25) is 0 Å². The summed E-state index contributed by atoms with van der Waals surface area (Å²) in [5.41, 5.74) is 0.560. The molecule has 6 nitrogen and oxygen atoms in total. The van der Waals surface area contributed by atoms with Gasteiger partial charge in [-0.1, -0.05) is 0 Å². The van der Waals surface area contributed by atoms with E-state index in [0.717, 1.165) is 31.7 Å². The summed E-state index contributed by atoms with van der Waals surface area (Å²) in [5, 5.41) is 18.3. The molecular formula is C15H18N4O2. The van der Waals surface area contributed by atoms with Gasteiger partial charge in [0.2, 0.25) is 0 Å². The Balaban J connectivity index is 1.60. The minimum Gasteiger partial charge on any atom is -0.383 e. The molecule has 3 rings (SSSR count). The predicted octanol–water partition coefficient (Wildman–Crippen LogP) is 0.515. The number of nitrogens with zero attached hydrogens (tertiary/aromatic N) is 4. The molecule has 1 atom stereocenters. The molecule has 6 heteroatoms. The van der Waals surface area contributed by atoms with Crippen LogP contribution in [0.25, 0.3) is 0 Å². The molecule has 0 spiro atoms. The summed E-state index contributed by atoms with van der Waals surface area (Å²) in [6.45, 7) is 2.34. The number of piperidine rings is 1. The molecular weight excluding hydrogens is 268 g/mol. The van der Waals surface area contributed by atoms with E-state index < -0.39 is 6.10 Å². The lowest BCUT2D eigenvalue weighted by Gasteiger charge is -2.37. The molecule has 3 heterocycles. The van der Waals surface area contributed by atoms with Gasteiger partial charge in [0, 0.05) is 31.9 Å². The maximum Gasteiger partial charge on any atom is 0.251 e. The molecule has 21 heavy (non-hydrogen) atoms. The van der Waals surface area contributed by atoms with Crippen molar-refractivity contribution in [2.45, 2.75) is 31.4 Å². The standard InChI is InChI=1S/C15H18N4O2/c16-9-11-1-2-14(17-10-11)18-6-3-12(4-7-18)19-8-5-13(20)15(19)21/h1-2,10,12-13,20H,3-8H2/t13-/m0/s1. The lowest BCUT2D eigenvalue weighted by molar-refractivity contribution is -0.136. The van der Waals surface area contributed by atoms with E-state index in [1.807, 2.05) is 11.0 Å². The second-order valence-corrected chi connectivity index (χ2v) is 5.57. The zero-order chi connectivity index (χ0) is 14.8. The quantitative estimate of drug-likeness (QED) is 0.857. The van der Waals surface area contributed by atoms with E-state index in [0.29, 0.717) is 18.5 Å². The molecule has 1 aromatic heterocycles. The summed E-state index contributed by atoms with van der Waals surface area (Å²) in [4.78, 5) is 20.2. The molecule has 2 fully saturated rings. The van der Waals surface area contributed by atoms with E-state index in [2.05, 4.69) is 16.0 Å². The second-order valence-electron chi connectivity index (χ2n) is 5.57. The number of aromatic nitrogens is 1. The minimum atomic E-state index is -0.803. The van der Waals surface area contributed by atoms with Gasteiger partial charge in [-0.05, 0) is 31.4 Å². The highest BCUT2D eigenvalue weighted by Gasteiger charge is 2.36. The zero-order valence-electron chi connectivity index (χ0n) is 11.8. The molecule has 2 saturated heterocycles. The number of anilines is 1. The normalized spacial score (nSPS) is 23.4. The Kier molecular flexibility index (Phi) is 3.76. The van der Waals surface area contributed by atoms with Crippen molar-refractivity contribution in [2.75, 3.05) is 24.5 Å². The Morgan fingerprint density at radius 1 is 1.24 bits per heavy atom. The minimum absolute atomic E-state index is 0.120. The fourth-order valence-electron chi connectivity index (χ4n) is 3.09. The number of likely N-dealkylation sites (tertiary alicyclic amines) is 1. The fourth-order valence-corrected chi connectivity index (χ4v) is 3.09. The number of hydrogen-bond donors (Lipinski definition) is 1. The van der Waals surface area contributed by atoms with Gasteiger partial charge >= 0.3 is 0 Å². The highest BCUT2D eigenvalue weighted by molar-refractivity contribution is 5.83. The number of pyridine rings is 1. The van der Waals surface area contributed by atoms with Crippen molar-refractivity contribution in [3.63, 3.8) is 0 Å². The topological polar surface area (TPSA) is 80.5 Å². The van der Waals surface area contributed by atoms with E-state index >= 15 is 0 Å². The molecule has 0 aliphatic carbocycles. The van der Waals surface area contributed by atoms with Crippen molar-refractivity contribution in [3.05, 3.63) is 23.9 Å². The number of rotatable bonds is 2. The van der Waals surface area contributed by atoms with Crippen molar-refractivity contribution in [2.24, 2.45) is 0 Å². The molecule has 0 unspecified atom stereocenters. The predicted molar refractivity (Wildman–Crippen MR) is 76.5 cm³/mol. The van der Waals surface area contributed by atoms with E-state index in [1.54, 1.807) is 12.3 Å². The van der Waals surface area contributed by atoms with Gasteiger partial charge in [-0.25, -0.2) is 4.98 Å². The molecule has 2 aliphatic heterocycles. The summed E-state index contributed by atoms with van der Waals surface area (Å²) in [6, 6.07) is 5.92. The maximum atomic E-state index is 11.8. The van der Waals surface area contributed by atoms with Crippen LogP contribution in [0.4, 0.5) is 5.82 Å². The van der Waals surface area contributed by atoms with Gasteiger partial charge in [-0.2, -0.15) is 5.26 Å². The third kappa shape index (κ3) is 2.69. The highest BCUT2D eigenvalue weighted by atomic mass is 16.3. The molecule has 0 bridgehead atoms. The van der Waals surface area contributed by atoms with Crippen molar-refractivity contribution >= 4 is 11.7 Å². The number of carbonyl (C=O) groups is 1. The first-order valence-electron chi connectivity index (χ1n) is 7.28. The number of nitriles is 1. The number of amides is 1. The Hall–Kier alpha value is -2.13. The van der Waals surface area contributed by atoms with Gasteiger partial charge in [0.25, 0.3) is 5.91 Å². The summed E-state index contributed by atoms with van der Waals surface area (Å²) >= 11 is 0. The fraction of sp³-hybridized carbons (Fsp3) is 0.533. The van der Waals surface area contributed by atoms with E-state index in [-0.39, 0.29) is 11.9 Å². The highest BCUT2D eigenvalue weighted by Crippen LogP contribution is 2.24. The van der Waals surface area contributed by atoms with Crippen molar-refractivity contribution in [3.8, 4) is 6.07 Å². The first-order valence-corrected chi connectivity index (χ1v) is 7.28. The van der Waals surface area contributed by atoms with E-state index in [1.165, 1.54) is 0 Å². The second kappa shape index (κ2) is 5.70. The van der Waals surface area contributed by atoms with Crippen LogP contribution < -0.4 is 4.90 Å². The number of hydrogen-bond acceptors (Lipinski definition) is 5. The molecule has 0 aromatic carbocycles. The Labute approximate surface area is 123 Å². The molecule has 0 saturated carbocycles. The van der Waals surface area contributed by atoms with E-state index in [9.17, 15) is 9.90 Å². The van der Waals surface area contributed by atoms with Crippen LogP contribution >= 0.6 is 0 Å².